The molecule has 19 heavy (non-hydrogen) atoms. The number of benzene rings is 1. The van der Waals surface area contributed by atoms with Gasteiger partial charge in [-0.2, -0.15) is 0 Å². The number of para-hydroxylation sites is 1. The van der Waals surface area contributed by atoms with Crippen molar-refractivity contribution in [3.63, 3.8) is 0 Å². The zero-order chi connectivity index (χ0) is 14.3. The molecule has 0 N–H and O–H groups in total. The average molecular weight is 281 g/mol. The predicted octanol–water partition coefficient (Wildman–Crippen LogP) is 2.09. The van der Waals surface area contributed by atoms with Crippen molar-refractivity contribution in [1.82, 2.24) is 4.90 Å². The highest BCUT2D eigenvalue weighted by Gasteiger charge is 2.07. The maximum Gasteiger partial charge on any atom is 0.232 e. The maximum absolute atomic E-state index is 11.4. The quantitative estimate of drug-likeness (QED) is 0.567. The van der Waals surface area contributed by atoms with Gasteiger partial charge in [-0.15, -0.1) is 11.8 Å². The fraction of sp³-hybridized carbons (Fsp3) is 0.429. The predicted molar refractivity (Wildman–Crippen MR) is 78.0 cm³/mol. The standard InChI is InChI=1S/C14H19NO3S/c1-11(16)12-6-4-5-7-13(12)18-8-9-19-10-14(17)15(2)3/h4-7H,8-10H2,1-3H3. The topological polar surface area (TPSA) is 46.6 Å². The van der Waals surface area contributed by atoms with Gasteiger partial charge in [0.1, 0.15) is 5.75 Å². The fourth-order valence-corrected chi connectivity index (χ4v) is 2.16. The number of nitrogens with zero attached hydrogens (tertiary/aromatic N) is 1. The molecular formula is C14H19NO3S. The number of rotatable bonds is 7. The Morgan fingerprint density at radius 2 is 1.95 bits per heavy atom. The molecule has 0 saturated carbocycles. The second-order valence-corrected chi connectivity index (χ2v) is 5.35. The van der Waals surface area contributed by atoms with Gasteiger partial charge in [0.15, 0.2) is 5.78 Å². The van der Waals surface area contributed by atoms with Crippen molar-refractivity contribution in [3.05, 3.63) is 29.8 Å². The van der Waals surface area contributed by atoms with Crippen molar-refractivity contribution < 1.29 is 14.3 Å². The molecule has 1 aromatic carbocycles. The number of hydrogen-bond donors (Lipinski definition) is 0. The number of amides is 1. The van der Waals surface area contributed by atoms with Gasteiger partial charge in [-0.25, -0.2) is 0 Å². The zero-order valence-corrected chi connectivity index (χ0v) is 12.3. The van der Waals surface area contributed by atoms with Crippen molar-refractivity contribution in [3.8, 4) is 5.75 Å². The van der Waals surface area contributed by atoms with Crippen LogP contribution in [0.3, 0.4) is 0 Å². The molecule has 4 nitrogen and oxygen atoms in total. The largest absolute Gasteiger partial charge is 0.492 e. The van der Waals surface area contributed by atoms with E-state index in [4.69, 9.17) is 4.74 Å². The van der Waals surface area contributed by atoms with E-state index >= 15 is 0 Å². The second kappa shape index (κ2) is 7.84. The van der Waals surface area contributed by atoms with Crippen LogP contribution in [-0.4, -0.2) is 48.8 Å². The number of carbonyl (C=O) groups excluding carboxylic acids is 2. The van der Waals surface area contributed by atoms with Crippen LogP contribution in [0.4, 0.5) is 0 Å². The normalized spacial score (nSPS) is 10.1. The molecule has 0 heterocycles. The van der Waals surface area contributed by atoms with Crippen LogP contribution < -0.4 is 4.74 Å². The van der Waals surface area contributed by atoms with Gasteiger partial charge in [-0.1, -0.05) is 12.1 Å². The Labute approximate surface area is 118 Å². The lowest BCUT2D eigenvalue weighted by Crippen LogP contribution is -2.23. The third kappa shape index (κ3) is 5.34. The number of carbonyl (C=O) groups is 2. The summed E-state index contributed by atoms with van der Waals surface area (Å²) in [5, 5.41) is 0. The van der Waals surface area contributed by atoms with Crippen LogP contribution in [0, 0.1) is 0 Å². The summed E-state index contributed by atoms with van der Waals surface area (Å²) in [5.41, 5.74) is 0.594. The Morgan fingerprint density at radius 1 is 1.26 bits per heavy atom. The molecule has 0 fully saturated rings. The van der Waals surface area contributed by atoms with Crippen molar-refractivity contribution in [1.29, 1.82) is 0 Å². The summed E-state index contributed by atoms with van der Waals surface area (Å²) < 4.78 is 5.57. The smallest absolute Gasteiger partial charge is 0.232 e. The van der Waals surface area contributed by atoms with Gasteiger partial charge < -0.3 is 9.64 Å². The first-order valence-electron chi connectivity index (χ1n) is 6.03. The first-order chi connectivity index (χ1) is 9.02. The van der Waals surface area contributed by atoms with Crippen LogP contribution in [0.15, 0.2) is 24.3 Å². The molecule has 1 rings (SSSR count). The first kappa shape index (κ1) is 15.6. The van der Waals surface area contributed by atoms with E-state index in [9.17, 15) is 9.59 Å². The Balaban J connectivity index is 2.34. The lowest BCUT2D eigenvalue weighted by atomic mass is 10.1. The van der Waals surface area contributed by atoms with Crippen molar-refractivity contribution in [2.75, 3.05) is 32.2 Å². The molecule has 0 aliphatic rings. The molecule has 0 atom stereocenters. The highest BCUT2D eigenvalue weighted by atomic mass is 32.2. The van der Waals surface area contributed by atoms with E-state index in [1.165, 1.54) is 18.7 Å². The van der Waals surface area contributed by atoms with Gasteiger partial charge in [-0.05, 0) is 19.1 Å². The van der Waals surface area contributed by atoms with Gasteiger partial charge in [0.05, 0.1) is 17.9 Å². The van der Waals surface area contributed by atoms with E-state index in [0.29, 0.717) is 29.4 Å². The lowest BCUT2D eigenvalue weighted by Gasteiger charge is -2.11. The summed E-state index contributed by atoms with van der Waals surface area (Å²) in [5.74, 6) is 1.85. The van der Waals surface area contributed by atoms with E-state index in [1.807, 2.05) is 12.1 Å². The van der Waals surface area contributed by atoms with E-state index in [1.54, 1.807) is 31.1 Å². The Morgan fingerprint density at radius 3 is 2.58 bits per heavy atom. The van der Waals surface area contributed by atoms with Crippen molar-refractivity contribution >= 4 is 23.5 Å². The first-order valence-corrected chi connectivity index (χ1v) is 7.18. The highest BCUT2D eigenvalue weighted by Crippen LogP contribution is 2.18. The van der Waals surface area contributed by atoms with E-state index in [-0.39, 0.29) is 11.7 Å². The molecule has 0 aliphatic heterocycles. The van der Waals surface area contributed by atoms with Gasteiger partial charge in [0.25, 0.3) is 0 Å². The summed E-state index contributed by atoms with van der Waals surface area (Å²) in [6.45, 7) is 2.00. The van der Waals surface area contributed by atoms with Gasteiger partial charge >= 0.3 is 0 Å². The van der Waals surface area contributed by atoms with Crippen molar-refractivity contribution in [2.45, 2.75) is 6.92 Å². The molecule has 0 unspecified atom stereocenters. The summed E-state index contributed by atoms with van der Waals surface area (Å²) in [7, 11) is 3.48. The monoisotopic (exact) mass is 281 g/mol. The summed E-state index contributed by atoms with van der Waals surface area (Å²) in [6, 6.07) is 7.19. The number of thioether (sulfide) groups is 1. The average Bonchev–Trinajstić information content (AvgIpc) is 2.38. The van der Waals surface area contributed by atoms with Crippen LogP contribution >= 0.6 is 11.8 Å². The minimum absolute atomic E-state index is 0.00830. The van der Waals surface area contributed by atoms with Crippen LogP contribution in [0.2, 0.25) is 0 Å². The number of ether oxygens (including phenoxy) is 1. The molecule has 5 heteroatoms. The van der Waals surface area contributed by atoms with E-state index < -0.39 is 0 Å². The molecule has 1 aromatic rings. The third-order valence-corrected chi connectivity index (χ3v) is 3.38. The maximum atomic E-state index is 11.4. The molecule has 0 radical (unpaired) electrons. The van der Waals surface area contributed by atoms with E-state index in [0.717, 1.165) is 0 Å². The Kier molecular flexibility index (Phi) is 6.42. The summed E-state index contributed by atoms with van der Waals surface area (Å²) in [6.07, 6.45) is 0. The number of ketones is 1. The molecule has 1 amide bonds. The molecule has 0 aromatic heterocycles. The molecule has 104 valence electrons. The lowest BCUT2D eigenvalue weighted by molar-refractivity contribution is -0.125. The van der Waals surface area contributed by atoms with Crippen LogP contribution in [0.25, 0.3) is 0 Å². The molecule has 0 spiro atoms. The molecule has 0 bridgehead atoms. The third-order valence-electron chi connectivity index (χ3n) is 2.48. The Bertz CT molecular complexity index is 446. The van der Waals surface area contributed by atoms with Crippen LogP contribution in [-0.2, 0) is 4.79 Å². The second-order valence-electron chi connectivity index (χ2n) is 4.24. The Hall–Kier alpha value is -1.49. The van der Waals surface area contributed by atoms with Crippen LogP contribution in [0.1, 0.15) is 17.3 Å². The minimum atomic E-state index is -0.00830. The van der Waals surface area contributed by atoms with Crippen LogP contribution in [0.5, 0.6) is 5.75 Å². The van der Waals surface area contributed by atoms with E-state index in [2.05, 4.69) is 0 Å². The molecule has 0 aliphatic carbocycles. The summed E-state index contributed by atoms with van der Waals surface area (Å²) >= 11 is 1.52. The SMILES string of the molecule is CC(=O)c1ccccc1OCCSCC(=O)N(C)C. The van der Waals surface area contributed by atoms with Crippen molar-refractivity contribution in [2.24, 2.45) is 0 Å². The zero-order valence-electron chi connectivity index (χ0n) is 11.5. The molecular weight excluding hydrogens is 262 g/mol. The van der Waals surface area contributed by atoms with Gasteiger partial charge in [0, 0.05) is 19.8 Å². The fourth-order valence-electron chi connectivity index (χ4n) is 1.38. The summed E-state index contributed by atoms with van der Waals surface area (Å²) in [4.78, 5) is 24.3. The number of Topliss-reactive ketones (excluding diaryl/α,β-unsaturated/α-hetero) is 1. The minimum Gasteiger partial charge on any atom is -0.492 e. The number of hydrogen-bond acceptors (Lipinski definition) is 4. The van der Waals surface area contributed by atoms with Gasteiger partial charge in [-0.3, -0.25) is 9.59 Å². The molecule has 0 saturated heterocycles. The highest BCUT2D eigenvalue weighted by molar-refractivity contribution is 7.99. The van der Waals surface area contributed by atoms with Gasteiger partial charge in [0.2, 0.25) is 5.91 Å².